The van der Waals surface area contributed by atoms with Crippen LogP contribution in [0.25, 0.3) is 5.69 Å². The average Bonchev–Trinajstić information content (AvgIpc) is 3.15. The summed E-state index contributed by atoms with van der Waals surface area (Å²) in [4.78, 5) is 26.4. The molecule has 3 rings (SSSR count). The summed E-state index contributed by atoms with van der Waals surface area (Å²) in [6.07, 6.45) is 0. The first kappa shape index (κ1) is 15.1. The van der Waals surface area contributed by atoms with Crippen LogP contribution in [0, 0.1) is 0 Å². The van der Waals surface area contributed by atoms with Crippen LogP contribution in [0.3, 0.4) is 0 Å². The van der Waals surface area contributed by atoms with E-state index in [9.17, 15) is 9.59 Å². The van der Waals surface area contributed by atoms with Crippen molar-refractivity contribution in [3.05, 3.63) is 51.6 Å². The number of rotatable bonds is 5. The third-order valence-electron chi connectivity index (χ3n) is 2.79. The molecule has 0 atom stereocenters. The number of hydrogen-bond acceptors (Lipinski definition) is 7. The van der Waals surface area contributed by atoms with E-state index in [0.717, 1.165) is 4.68 Å². The van der Waals surface area contributed by atoms with Crippen LogP contribution in [-0.2, 0) is 11.3 Å². The average molecular weight is 332 g/mol. The van der Waals surface area contributed by atoms with E-state index in [-0.39, 0.29) is 5.82 Å². The van der Waals surface area contributed by atoms with Gasteiger partial charge in [-0.2, -0.15) is 4.68 Å². The lowest BCUT2D eigenvalue weighted by Gasteiger charge is -1.98. The molecule has 0 bridgehead atoms. The fourth-order valence-corrected chi connectivity index (χ4v) is 2.52. The fourth-order valence-electron chi connectivity index (χ4n) is 1.81. The van der Waals surface area contributed by atoms with Crippen molar-refractivity contribution in [2.75, 3.05) is 12.4 Å². The molecule has 2 aromatic heterocycles. The highest BCUT2D eigenvalue weighted by molar-refractivity contribution is 7.15. The van der Waals surface area contributed by atoms with Gasteiger partial charge in [-0.15, -0.1) is 15.3 Å². The Kier molecular flexibility index (Phi) is 4.26. The molecule has 1 aromatic carbocycles. The number of para-hydroxylation sites is 1. The van der Waals surface area contributed by atoms with Crippen molar-refractivity contribution in [1.29, 1.82) is 0 Å². The van der Waals surface area contributed by atoms with E-state index >= 15 is 0 Å². The normalized spacial score (nSPS) is 10.7. The molecule has 0 saturated carbocycles. The number of H-pyrrole nitrogens is 1. The van der Waals surface area contributed by atoms with Gasteiger partial charge in [0.15, 0.2) is 0 Å². The molecule has 118 valence electrons. The first-order valence-corrected chi connectivity index (χ1v) is 7.36. The van der Waals surface area contributed by atoms with Gasteiger partial charge in [0.25, 0.3) is 5.91 Å². The minimum absolute atomic E-state index is 0.109. The Morgan fingerprint density at radius 2 is 2.13 bits per heavy atom. The summed E-state index contributed by atoms with van der Waals surface area (Å²) >= 11 is 1.18. The second-order valence-corrected chi connectivity index (χ2v) is 5.48. The summed E-state index contributed by atoms with van der Waals surface area (Å²) in [5.41, 5.74) is 0.0600. The SMILES string of the molecule is COCc1nnc(NC(=O)c2nn(-c3ccccc3)c(=O)[nH]2)s1. The second-order valence-electron chi connectivity index (χ2n) is 4.41. The van der Waals surface area contributed by atoms with Gasteiger partial charge in [0.2, 0.25) is 11.0 Å². The molecular weight excluding hydrogens is 320 g/mol. The molecule has 2 N–H and O–H groups in total. The third kappa shape index (κ3) is 3.33. The number of nitrogens with zero attached hydrogens (tertiary/aromatic N) is 4. The molecule has 0 saturated heterocycles. The Balaban J connectivity index is 1.79. The van der Waals surface area contributed by atoms with E-state index in [0.29, 0.717) is 22.4 Å². The predicted octanol–water partition coefficient (Wildman–Crippen LogP) is 0.811. The van der Waals surface area contributed by atoms with Gasteiger partial charge in [-0.1, -0.05) is 29.5 Å². The fraction of sp³-hybridized carbons (Fsp3) is 0.154. The molecule has 0 aliphatic rings. The Morgan fingerprint density at radius 1 is 1.35 bits per heavy atom. The van der Waals surface area contributed by atoms with Crippen molar-refractivity contribution in [3.8, 4) is 5.69 Å². The standard InChI is InChI=1S/C13H12N6O3S/c1-22-7-9-16-17-12(23-9)15-11(20)10-14-13(21)19(18-10)8-5-3-2-4-6-8/h2-6H,7H2,1H3,(H,14,18,21)(H,15,17,20). The zero-order chi connectivity index (χ0) is 16.2. The van der Waals surface area contributed by atoms with Crippen molar-refractivity contribution in [1.82, 2.24) is 25.0 Å². The van der Waals surface area contributed by atoms with Gasteiger partial charge < -0.3 is 4.74 Å². The van der Waals surface area contributed by atoms with Crippen molar-refractivity contribution in [2.24, 2.45) is 0 Å². The monoisotopic (exact) mass is 332 g/mol. The van der Waals surface area contributed by atoms with Gasteiger partial charge in [0.05, 0.1) is 5.69 Å². The van der Waals surface area contributed by atoms with Gasteiger partial charge in [-0.05, 0) is 12.1 Å². The minimum Gasteiger partial charge on any atom is -0.377 e. The van der Waals surface area contributed by atoms with Gasteiger partial charge in [0.1, 0.15) is 11.6 Å². The molecular formula is C13H12N6O3S. The molecule has 0 aliphatic heterocycles. The highest BCUT2D eigenvalue weighted by Crippen LogP contribution is 2.16. The first-order valence-electron chi connectivity index (χ1n) is 6.55. The maximum Gasteiger partial charge on any atom is 0.348 e. The molecule has 2 heterocycles. The summed E-state index contributed by atoms with van der Waals surface area (Å²) in [6, 6.07) is 8.79. The number of carbonyl (C=O) groups is 1. The molecule has 23 heavy (non-hydrogen) atoms. The lowest BCUT2D eigenvalue weighted by atomic mass is 10.3. The Labute approximate surface area is 134 Å². The molecule has 3 aromatic rings. The number of hydrogen-bond donors (Lipinski definition) is 2. The molecule has 1 amide bonds. The summed E-state index contributed by atoms with van der Waals surface area (Å²) in [7, 11) is 1.54. The number of ether oxygens (including phenoxy) is 1. The van der Waals surface area contributed by atoms with Gasteiger partial charge in [-0.3, -0.25) is 15.1 Å². The van der Waals surface area contributed by atoms with E-state index in [2.05, 4.69) is 25.6 Å². The quantitative estimate of drug-likeness (QED) is 0.714. The number of amides is 1. The van der Waals surface area contributed by atoms with Crippen LogP contribution in [-0.4, -0.2) is 38.0 Å². The molecule has 0 aliphatic carbocycles. The van der Waals surface area contributed by atoms with E-state index < -0.39 is 11.6 Å². The largest absolute Gasteiger partial charge is 0.377 e. The summed E-state index contributed by atoms with van der Waals surface area (Å²) in [6.45, 7) is 0.313. The highest BCUT2D eigenvalue weighted by Gasteiger charge is 2.16. The van der Waals surface area contributed by atoms with Crippen LogP contribution in [0.4, 0.5) is 5.13 Å². The zero-order valence-electron chi connectivity index (χ0n) is 12.0. The summed E-state index contributed by atoms with van der Waals surface area (Å²) in [5, 5.41) is 15.1. The highest BCUT2D eigenvalue weighted by atomic mass is 32.1. The van der Waals surface area contributed by atoms with Gasteiger partial charge in [0, 0.05) is 7.11 Å². The number of aromatic nitrogens is 5. The number of carbonyl (C=O) groups excluding carboxylic acids is 1. The van der Waals surface area contributed by atoms with Crippen molar-refractivity contribution >= 4 is 22.4 Å². The minimum atomic E-state index is -0.572. The first-order chi connectivity index (χ1) is 11.2. The molecule has 10 heteroatoms. The van der Waals surface area contributed by atoms with E-state index in [4.69, 9.17) is 4.74 Å². The Morgan fingerprint density at radius 3 is 2.87 bits per heavy atom. The molecule has 0 spiro atoms. The lowest BCUT2D eigenvalue weighted by molar-refractivity contribution is 0.101. The number of nitrogens with one attached hydrogen (secondary N) is 2. The molecule has 0 fully saturated rings. The lowest BCUT2D eigenvalue weighted by Crippen LogP contribution is -2.15. The van der Waals surface area contributed by atoms with Crippen LogP contribution >= 0.6 is 11.3 Å². The molecule has 0 unspecified atom stereocenters. The molecule has 9 nitrogen and oxygen atoms in total. The maximum absolute atomic E-state index is 12.1. The summed E-state index contributed by atoms with van der Waals surface area (Å²) in [5.74, 6) is -0.681. The smallest absolute Gasteiger partial charge is 0.348 e. The third-order valence-corrected chi connectivity index (χ3v) is 3.60. The number of methoxy groups -OCH3 is 1. The topological polar surface area (TPSA) is 115 Å². The van der Waals surface area contributed by atoms with Crippen LogP contribution in [0.5, 0.6) is 0 Å². The number of anilines is 1. The van der Waals surface area contributed by atoms with Crippen molar-refractivity contribution in [3.63, 3.8) is 0 Å². The Bertz CT molecular complexity index is 869. The second kappa shape index (κ2) is 6.50. The van der Waals surface area contributed by atoms with Crippen LogP contribution in [0.2, 0.25) is 0 Å². The van der Waals surface area contributed by atoms with Crippen LogP contribution in [0.1, 0.15) is 15.6 Å². The number of benzene rings is 1. The summed E-state index contributed by atoms with van der Waals surface area (Å²) < 4.78 is 6.05. The number of aromatic amines is 1. The molecule has 0 radical (unpaired) electrons. The van der Waals surface area contributed by atoms with Gasteiger partial charge >= 0.3 is 5.69 Å². The maximum atomic E-state index is 12.1. The van der Waals surface area contributed by atoms with Gasteiger partial charge in [-0.25, -0.2) is 4.79 Å². The van der Waals surface area contributed by atoms with E-state index in [1.807, 2.05) is 6.07 Å². The van der Waals surface area contributed by atoms with E-state index in [1.165, 1.54) is 11.3 Å². The van der Waals surface area contributed by atoms with Crippen LogP contribution in [0.15, 0.2) is 35.1 Å². The Hall–Kier alpha value is -2.85. The van der Waals surface area contributed by atoms with Crippen molar-refractivity contribution < 1.29 is 9.53 Å². The zero-order valence-corrected chi connectivity index (χ0v) is 12.8. The van der Waals surface area contributed by atoms with Crippen LogP contribution < -0.4 is 11.0 Å². The van der Waals surface area contributed by atoms with E-state index in [1.54, 1.807) is 31.4 Å². The van der Waals surface area contributed by atoms with Crippen molar-refractivity contribution in [2.45, 2.75) is 6.61 Å². The predicted molar refractivity (Wildman–Crippen MR) is 82.8 cm³/mol.